The first-order valence-electron chi connectivity index (χ1n) is 9.66. The van der Waals surface area contributed by atoms with Crippen LogP contribution in [0.3, 0.4) is 0 Å². The second-order valence-corrected chi connectivity index (χ2v) is 6.22. The van der Waals surface area contributed by atoms with E-state index in [-0.39, 0.29) is 5.57 Å². The lowest BCUT2D eigenvalue weighted by atomic mass is 10.0. The van der Waals surface area contributed by atoms with Gasteiger partial charge in [0, 0.05) is 17.3 Å². The molecule has 0 fully saturated rings. The molecule has 1 N–H and O–H groups in total. The highest BCUT2D eigenvalue weighted by Gasteiger charge is 2.15. The van der Waals surface area contributed by atoms with Gasteiger partial charge in [0.25, 0.3) is 5.91 Å². The van der Waals surface area contributed by atoms with Crippen molar-refractivity contribution in [2.45, 2.75) is 20.3 Å². The first-order chi connectivity index (χ1) is 14.6. The van der Waals surface area contributed by atoms with E-state index < -0.39 is 5.91 Å². The predicted octanol–water partition coefficient (Wildman–Crippen LogP) is 4.77. The highest BCUT2D eigenvalue weighted by Crippen LogP contribution is 2.34. The van der Waals surface area contributed by atoms with E-state index in [1.165, 1.54) is 6.08 Å². The SMILES string of the molecule is C=CCc1cc(C=C(C#N)C(=O)Nc2cccc(OC)c2)cc(OCC)c1OCC. The van der Waals surface area contributed by atoms with Crippen molar-refractivity contribution >= 4 is 17.7 Å². The summed E-state index contributed by atoms with van der Waals surface area (Å²) in [6.45, 7) is 8.53. The fourth-order valence-corrected chi connectivity index (χ4v) is 2.86. The van der Waals surface area contributed by atoms with Crippen molar-refractivity contribution in [3.8, 4) is 23.3 Å². The molecule has 0 unspecified atom stereocenters. The Morgan fingerprint density at radius 2 is 1.97 bits per heavy atom. The minimum Gasteiger partial charge on any atom is -0.497 e. The average Bonchev–Trinajstić information content (AvgIpc) is 2.74. The third-order valence-corrected chi connectivity index (χ3v) is 4.11. The van der Waals surface area contributed by atoms with Crippen LogP contribution < -0.4 is 19.5 Å². The Balaban J connectivity index is 2.40. The molecule has 0 aliphatic heterocycles. The number of amides is 1. The average molecular weight is 406 g/mol. The zero-order valence-electron chi connectivity index (χ0n) is 17.5. The molecule has 6 heteroatoms. The van der Waals surface area contributed by atoms with Crippen LogP contribution in [0.15, 0.2) is 54.6 Å². The normalized spacial score (nSPS) is 10.7. The molecule has 0 aliphatic rings. The van der Waals surface area contributed by atoms with E-state index in [2.05, 4.69) is 11.9 Å². The standard InChI is InChI=1S/C24H26N2O4/c1-5-9-18-12-17(14-22(29-6-2)23(18)30-7-3)13-19(16-25)24(27)26-20-10-8-11-21(15-20)28-4/h5,8,10-15H,1,6-7,9H2,2-4H3,(H,26,27). The van der Waals surface area contributed by atoms with E-state index in [0.29, 0.717) is 48.1 Å². The molecule has 0 radical (unpaired) electrons. The summed E-state index contributed by atoms with van der Waals surface area (Å²) in [5.41, 5.74) is 2.04. The maximum absolute atomic E-state index is 12.6. The molecule has 0 saturated carbocycles. The van der Waals surface area contributed by atoms with E-state index in [1.54, 1.807) is 43.5 Å². The number of nitrogens with one attached hydrogen (secondary N) is 1. The van der Waals surface area contributed by atoms with Crippen LogP contribution in [0.1, 0.15) is 25.0 Å². The zero-order chi connectivity index (χ0) is 21.9. The van der Waals surface area contributed by atoms with Gasteiger partial charge in [0.1, 0.15) is 17.4 Å². The van der Waals surface area contributed by atoms with Crippen LogP contribution in [-0.2, 0) is 11.2 Å². The number of ether oxygens (including phenoxy) is 3. The minimum atomic E-state index is -0.511. The number of hydrogen-bond acceptors (Lipinski definition) is 5. The van der Waals surface area contributed by atoms with Gasteiger partial charge in [-0.1, -0.05) is 12.1 Å². The Morgan fingerprint density at radius 3 is 2.60 bits per heavy atom. The van der Waals surface area contributed by atoms with Crippen LogP contribution in [0, 0.1) is 11.3 Å². The highest BCUT2D eigenvalue weighted by molar-refractivity contribution is 6.09. The van der Waals surface area contributed by atoms with Gasteiger partial charge < -0.3 is 19.5 Å². The van der Waals surface area contributed by atoms with Crippen molar-refractivity contribution in [1.82, 2.24) is 0 Å². The Labute approximate surface area is 177 Å². The molecule has 0 aromatic heterocycles. The number of nitrogens with zero attached hydrogens (tertiary/aromatic N) is 1. The van der Waals surface area contributed by atoms with E-state index in [0.717, 1.165) is 5.56 Å². The molecular weight excluding hydrogens is 380 g/mol. The van der Waals surface area contributed by atoms with Crippen molar-refractivity contribution in [1.29, 1.82) is 5.26 Å². The number of methoxy groups -OCH3 is 1. The van der Waals surface area contributed by atoms with Gasteiger partial charge in [0.2, 0.25) is 0 Å². The highest BCUT2D eigenvalue weighted by atomic mass is 16.5. The summed E-state index contributed by atoms with van der Waals surface area (Å²) in [5.74, 6) is 1.31. The summed E-state index contributed by atoms with van der Waals surface area (Å²) in [7, 11) is 1.55. The molecule has 156 valence electrons. The molecule has 0 aliphatic carbocycles. The summed E-state index contributed by atoms with van der Waals surface area (Å²) in [6, 6.07) is 12.5. The van der Waals surface area contributed by atoms with Crippen molar-refractivity contribution in [2.75, 3.05) is 25.6 Å². The minimum absolute atomic E-state index is 0.0334. The van der Waals surface area contributed by atoms with Crippen LogP contribution in [-0.4, -0.2) is 26.2 Å². The van der Waals surface area contributed by atoms with Gasteiger partial charge in [-0.05, 0) is 56.2 Å². The van der Waals surface area contributed by atoms with Gasteiger partial charge in [-0.2, -0.15) is 5.26 Å². The van der Waals surface area contributed by atoms with E-state index in [1.807, 2.05) is 26.0 Å². The molecular formula is C24H26N2O4. The van der Waals surface area contributed by atoms with Crippen molar-refractivity contribution < 1.29 is 19.0 Å². The summed E-state index contributed by atoms with van der Waals surface area (Å²) < 4.78 is 16.6. The second kappa shape index (κ2) is 11.3. The third-order valence-electron chi connectivity index (χ3n) is 4.11. The summed E-state index contributed by atoms with van der Waals surface area (Å²) in [5, 5.41) is 12.3. The fourth-order valence-electron chi connectivity index (χ4n) is 2.86. The van der Waals surface area contributed by atoms with Crippen molar-refractivity contribution in [2.24, 2.45) is 0 Å². The summed E-state index contributed by atoms with van der Waals surface area (Å²) >= 11 is 0. The largest absolute Gasteiger partial charge is 0.497 e. The predicted molar refractivity (Wildman–Crippen MR) is 118 cm³/mol. The quantitative estimate of drug-likeness (QED) is 0.349. The first kappa shape index (κ1) is 22.6. The van der Waals surface area contributed by atoms with Gasteiger partial charge in [-0.15, -0.1) is 6.58 Å². The first-order valence-corrected chi connectivity index (χ1v) is 9.66. The maximum Gasteiger partial charge on any atom is 0.266 e. The topological polar surface area (TPSA) is 80.6 Å². The molecule has 30 heavy (non-hydrogen) atoms. The summed E-state index contributed by atoms with van der Waals surface area (Å²) in [6.07, 6.45) is 3.86. The number of hydrogen-bond donors (Lipinski definition) is 1. The molecule has 0 bridgehead atoms. The van der Waals surface area contributed by atoms with Crippen LogP contribution >= 0.6 is 0 Å². The molecule has 0 heterocycles. The smallest absolute Gasteiger partial charge is 0.266 e. The number of allylic oxidation sites excluding steroid dienone is 1. The molecule has 1 amide bonds. The van der Waals surface area contributed by atoms with Gasteiger partial charge in [-0.25, -0.2) is 0 Å². The van der Waals surface area contributed by atoms with Gasteiger partial charge in [-0.3, -0.25) is 4.79 Å². The number of nitriles is 1. The van der Waals surface area contributed by atoms with E-state index in [4.69, 9.17) is 14.2 Å². The number of anilines is 1. The van der Waals surface area contributed by atoms with Crippen LogP contribution in [0.2, 0.25) is 0 Å². The van der Waals surface area contributed by atoms with Gasteiger partial charge >= 0.3 is 0 Å². The molecule has 2 rings (SSSR count). The lowest BCUT2D eigenvalue weighted by Gasteiger charge is -2.16. The second-order valence-electron chi connectivity index (χ2n) is 6.22. The monoisotopic (exact) mass is 406 g/mol. The fraction of sp³-hybridized carbons (Fsp3) is 0.250. The van der Waals surface area contributed by atoms with Crippen LogP contribution in [0.4, 0.5) is 5.69 Å². The van der Waals surface area contributed by atoms with Gasteiger partial charge in [0.15, 0.2) is 11.5 Å². The van der Waals surface area contributed by atoms with Crippen LogP contribution in [0.25, 0.3) is 6.08 Å². The number of rotatable bonds is 10. The molecule has 0 saturated heterocycles. The molecule has 2 aromatic carbocycles. The molecule has 0 atom stereocenters. The molecule has 0 spiro atoms. The lowest BCUT2D eigenvalue weighted by molar-refractivity contribution is -0.112. The van der Waals surface area contributed by atoms with Crippen molar-refractivity contribution in [3.63, 3.8) is 0 Å². The van der Waals surface area contributed by atoms with E-state index >= 15 is 0 Å². The lowest BCUT2D eigenvalue weighted by Crippen LogP contribution is -2.13. The Kier molecular flexibility index (Phi) is 8.52. The Hall–Kier alpha value is -3.72. The zero-order valence-corrected chi connectivity index (χ0v) is 17.5. The van der Waals surface area contributed by atoms with Crippen molar-refractivity contribution in [3.05, 3.63) is 65.8 Å². The van der Waals surface area contributed by atoms with Gasteiger partial charge in [0.05, 0.1) is 20.3 Å². The van der Waals surface area contributed by atoms with E-state index in [9.17, 15) is 10.1 Å². The molecule has 2 aromatic rings. The number of benzene rings is 2. The number of carbonyl (C=O) groups excluding carboxylic acids is 1. The molecule has 6 nitrogen and oxygen atoms in total. The Bertz CT molecular complexity index is 974. The third kappa shape index (κ3) is 5.89. The maximum atomic E-state index is 12.6. The van der Waals surface area contributed by atoms with Crippen LogP contribution in [0.5, 0.6) is 17.2 Å². The Morgan fingerprint density at radius 1 is 1.20 bits per heavy atom. The summed E-state index contributed by atoms with van der Waals surface area (Å²) in [4.78, 5) is 12.6. The number of carbonyl (C=O) groups is 1.